The third kappa shape index (κ3) is 3.35. The topological polar surface area (TPSA) is 58.2 Å². The number of halogens is 1. The van der Waals surface area contributed by atoms with E-state index in [2.05, 4.69) is 10.6 Å². The van der Waals surface area contributed by atoms with Gasteiger partial charge >= 0.3 is 0 Å². The fourth-order valence-corrected chi connectivity index (χ4v) is 2.74. The van der Waals surface area contributed by atoms with Gasteiger partial charge in [-0.3, -0.25) is 9.59 Å². The first-order valence-corrected chi connectivity index (χ1v) is 7.66. The van der Waals surface area contributed by atoms with E-state index >= 15 is 0 Å². The number of rotatable bonds is 3. The number of nitrogens with one attached hydrogen (secondary N) is 2. The van der Waals surface area contributed by atoms with Gasteiger partial charge in [0, 0.05) is 29.8 Å². The molecule has 0 saturated heterocycles. The summed E-state index contributed by atoms with van der Waals surface area (Å²) in [5.74, 6) is -1.20. The minimum atomic E-state index is -0.400. The van der Waals surface area contributed by atoms with Gasteiger partial charge in [0.2, 0.25) is 5.91 Å². The van der Waals surface area contributed by atoms with E-state index in [1.807, 2.05) is 31.2 Å². The Morgan fingerprint density at radius 1 is 1.17 bits per heavy atom. The zero-order valence-electron chi connectivity index (χ0n) is 13.2. The van der Waals surface area contributed by atoms with Gasteiger partial charge in [-0.1, -0.05) is 30.3 Å². The largest absolute Gasteiger partial charge is 0.332 e. The van der Waals surface area contributed by atoms with Crippen LogP contribution in [0.2, 0.25) is 0 Å². The van der Waals surface area contributed by atoms with Gasteiger partial charge in [0.25, 0.3) is 5.91 Å². The van der Waals surface area contributed by atoms with E-state index in [0.29, 0.717) is 5.57 Å². The van der Waals surface area contributed by atoms with Crippen LogP contribution in [0, 0.1) is 12.7 Å². The van der Waals surface area contributed by atoms with Crippen molar-refractivity contribution in [2.24, 2.45) is 0 Å². The summed E-state index contributed by atoms with van der Waals surface area (Å²) in [6.45, 7) is 1.91. The zero-order valence-corrected chi connectivity index (χ0v) is 13.2. The Bertz CT molecular complexity index is 812. The van der Waals surface area contributed by atoms with Gasteiger partial charge < -0.3 is 10.6 Å². The summed E-state index contributed by atoms with van der Waals surface area (Å²) >= 11 is 0. The van der Waals surface area contributed by atoms with Gasteiger partial charge in [0.05, 0.1) is 0 Å². The second-order valence-corrected chi connectivity index (χ2v) is 5.74. The molecule has 0 bridgehead atoms. The highest BCUT2D eigenvalue weighted by Crippen LogP contribution is 2.31. The maximum atomic E-state index is 13.1. The van der Waals surface area contributed by atoms with Crippen molar-refractivity contribution in [3.8, 4) is 0 Å². The fourth-order valence-electron chi connectivity index (χ4n) is 2.74. The van der Waals surface area contributed by atoms with Crippen molar-refractivity contribution >= 4 is 17.5 Å². The summed E-state index contributed by atoms with van der Waals surface area (Å²) in [5, 5.41) is 5.46. The smallest absolute Gasteiger partial charge is 0.253 e. The molecule has 5 heteroatoms. The van der Waals surface area contributed by atoms with Crippen LogP contribution in [0.1, 0.15) is 23.5 Å². The maximum absolute atomic E-state index is 13.1. The van der Waals surface area contributed by atoms with Crippen LogP contribution in [0.5, 0.6) is 0 Å². The molecule has 1 atom stereocenters. The number of amides is 2. The number of hydrogen-bond donors (Lipinski definition) is 2. The molecule has 0 spiro atoms. The number of benzene rings is 2. The Labute approximate surface area is 139 Å². The minimum Gasteiger partial charge on any atom is -0.332 e. The second-order valence-electron chi connectivity index (χ2n) is 5.74. The first-order valence-electron chi connectivity index (χ1n) is 7.66. The molecular weight excluding hydrogens is 307 g/mol. The van der Waals surface area contributed by atoms with Crippen LogP contribution >= 0.6 is 0 Å². The first kappa shape index (κ1) is 15.9. The van der Waals surface area contributed by atoms with Crippen molar-refractivity contribution in [2.45, 2.75) is 19.3 Å². The van der Waals surface area contributed by atoms with Gasteiger partial charge in [0.1, 0.15) is 5.82 Å². The molecule has 1 aliphatic heterocycles. The minimum absolute atomic E-state index is 0.151. The molecule has 2 amide bonds. The van der Waals surface area contributed by atoms with Crippen molar-refractivity contribution in [2.75, 3.05) is 5.32 Å². The lowest BCUT2D eigenvalue weighted by Gasteiger charge is -2.24. The van der Waals surface area contributed by atoms with Gasteiger partial charge in [-0.15, -0.1) is 0 Å². The average molecular weight is 324 g/mol. The van der Waals surface area contributed by atoms with E-state index in [0.717, 1.165) is 16.8 Å². The Hall–Kier alpha value is -2.95. The number of aryl methyl sites for hydroxylation is 1. The monoisotopic (exact) mass is 324 g/mol. The number of anilines is 1. The highest BCUT2D eigenvalue weighted by atomic mass is 19.1. The predicted octanol–water partition coefficient (Wildman–Crippen LogP) is 3.26. The molecule has 0 fully saturated rings. The lowest BCUT2D eigenvalue weighted by molar-refractivity contribution is -0.121. The summed E-state index contributed by atoms with van der Waals surface area (Å²) in [5.41, 5.74) is 2.85. The first-order chi connectivity index (χ1) is 11.5. The van der Waals surface area contributed by atoms with Crippen LogP contribution in [0.4, 0.5) is 10.1 Å². The third-order valence-corrected chi connectivity index (χ3v) is 4.08. The maximum Gasteiger partial charge on any atom is 0.253 e. The van der Waals surface area contributed by atoms with Gasteiger partial charge in [0.15, 0.2) is 0 Å². The molecule has 0 aromatic heterocycles. The summed E-state index contributed by atoms with van der Waals surface area (Å²) in [6, 6.07) is 13.3. The summed E-state index contributed by atoms with van der Waals surface area (Å²) in [4.78, 5) is 24.4. The van der Waals surface area contributed by atoms with E-state index in [4.69, 9.17) is 0 Å². The lowest BCUT2D eigenvalue weighted by atomic mass is 9.86. The van der Waals surface area contributed by atoms with Gasteiger partial charge in [-0.25, -0.2) is 4.39 Å². The molecule has 1 unspecified atom stereocenters. The molecule has 0 aliphatic carbocycles. The lowest BCUT2D eigenvalue weighted by Crippen LogP contribution is -2.32. The molecule has 122 valence electrons. The highest BCUT2D eigenvalue weighted by Gasteiger charge is 2.29. The molecule has 2 aromatic rings. The molecule has 2 aromatic carbocycles. The molecule has 1 heterocycles. The Kier molecular flexibility index (Phi) is 4.42. The molecule has 2 N–H and O–H groups in total. The van der Waals surface area contributed by atoms with Crippen LogP contribution in [0.25, 0.3) is 0 Å². The van der Waals surface area contributed by atoms with Crippen molar-refractivity contribution in [3.63, 3.8) is 0 Å². The Morgan fingerprint density at radius 2 is 1.88 bits per heavy atom. The Morgan fingerprint density at radius 3 is 2.58 bits per heavy atom. The zero-order chi connectivity index (χ0) is 17.1. The van der Waals surface area contributed by atoms with Crippen molar-refractivity contribution < 1.29 is 14.0 Å². The number of hydrogen-bond acceptors (Lipinski definition) is 2. The normalized spacial score (nSPS) is 17.0. The third-order valence-electron chi connectivity index (χ3n) is 4.08. The van der Waals surface area contributed by atoms with E-state index in [-0.39, 0.29) is 24.1 Å². The van der Waals surface area contributed by atoms with Crippen LogP contribution in [-0.4, -0.2) is 11.8 Å². The molecule has 0 radical (unpaired) electrons. The predicted molar refractivity (Wildman–Crippen MR) is 89.8 cm³/mol. The van der Waals surface area contributed by atoms with Crippen LogP contribution in [-0.2, 0) is 9.59 Å². The highest BCUT2D eigenvalue weighted by molar-refractivity contribution is 6.06. The van der Waals surface area contributed by atoms with Crippen molar-refractivity contribution in [1.82, 2.24) is 5.32 Å². The van der Waals surface area contributed by atoms with Crippen molar-refractivity contribution in [3.05, 3.63) is 77.2 Å². The summed E-state index contributed by atoms with van der Waals surface area (Å²) < 4.78 is 13.1. The van der Waals surface area contributed by atoms with Crippen LogP contribution in [0.3, 0.4) is 0 Å². The van der Waals surface area contributed by atoms with Crippen LogP contribution in [0.15, 0.2) is 60.3 Å². The average Bonchev–Trinajstić information content (AvgIpc) is 2.57. The SMILES string of the molecule is Cc1ccccc1NC(=O)C1=CNC(=O)CC1c1ccc(F)cc1. The van der Waals surface area contributed by atoms with Crippen molar-refractivity contribution in [1.29, 1.82) is 0 Å². The van der Waals surface area contributed by atoms with E-state index in [1.54, 1.807) is 12.1 Å². The standard InChI is InChI=1S/C19H17FN2O2/c1-12-4-2-3-5-17(12)22-19(24)16-11-21-18(23)10-15(16)13-6-8-14(20)9-7-13/h2-9,11,15H,10H2,1H3,(H,21,23)(H,22,24). The van der Waals surface area contributed by atoms with E-state index in [1.165, 1.54) is 18.3 Å². The Balaban J connectivity index is 1.88. The van der Waals surface area contributed by atoms with E-state index < -0.39 is 5.92 Å². The molecular formula is C19H17FN2O2. The summed E-state index contributed by atoms with van der Waals surface area (Å²) in [6.07, 6.45) is 1.59. The van der Waals surface area contributed by atoms with E-state index in [9.17, 15) is 14.0 Å². The van der Waals surface area contributed by atoms with Gasteiger partial charge in [-0.05, 0) is 36.2 Å². The quantitative estimate of drug-likeness (QED) is 0.910. The molecule has 1 aliphatic rings. The number of para-hydroxylation sites is 1. The summed E-state index contributed by atoms with van der Waals surface area (Å²) in [7, 11) is 0. The fraction of sp³-hybridized carbons (Fsp3) is 0.158. The van der Waals surface area contributed by atoms with Gasteiger partial charge in [-0.2, -0.15) is 0 Å². The second kappa shape index (κ2) is 6.66. The molecule has 0 saturated carbocycles. The van der Waals surface area contributed by atoms with Crippen LogP contribution < -0.4 is 10.6 Å². The molecule has 3 rings (SSSR count). The molecule has 24 heavy (non-hydrogen) atoms. The number of carbonyl (C=O) groups is 2. The molecule has 4 nitrogen and oxygen atoms in total. The number of carbonyl (C=O) groups excluding carboxylic acids is 2.